The van der Waals surface area contributed by atoms with E-state index < -0.39 is 5.97 Å². The van der Waals surface area contributed by atoms with Crippen molar-refractivity contribution in [2.75, 3.05) is 13.7 Å². The van der Waals surface area contributed by atoms with Crippen LogP contribution in [0, 0.1) is 0 Å². The Morgan fingerprint density at radius 3 is 2.33 bits per heavy atom. The van der Waals surface area contributed by atoms with Crippen molar-refractivity contribution in [1.82, 2.24) is 5.43 Å². The average molecular weight is 447 g/mol. The molecule has 0 fully saturated rings. The number of nitrogens with zero attached hydrogens (tertiary/aromatic N) is 1. The fourth-order valence-corrected chi connectivity index (χ4v) is 2.80. The average Bonchev–Trinajstić information content (AvgIpc) is 2.85. The van der Waals surface area contributed by atoms with Crippen molar-refractivity contribution in [2.24, 2.45) is 5.10 Å². The van der Waals surface area contributed by atoms with Gasteiger partial charge in [-0.15, -0.1) is 0 Å². The van der Waals surface area contributed by atoms with Crippen LogP contribution >= 0.6 is 0 Å². The maximum atomic E-state index is 12.4. The fourth-order valence-electron chi connectivity index (χ4n) is 2.80. The van der Waals surface area contributed by atoms with Gasteiger partial charge in [-0.1, -0.05) is 19.4 Å². The van der Waals surface area contributed by atoms with E-state index in [9.17, 15) is 9.59 Å². The van der Waals surface area contributed by atoms with Crippen LogP contribution in [-0.2, 0) is 0 Å². The second-order valence-corrected chi connectivity index (χ2v) is 7.12. The number of amides is 1. The Labute approximate surface area is 193 Å². The number of hydrogen-bond acceptors (Lipinski definition) is 6. The molecule has 170 valence electrons. The molecule has 0 saturated heterocycles. The second-order valence-electron chi connectivity index (χ2n) is 7.12. The molecule has 0 radical (unpaired) electrons. The zero-order valence-corrected chi connectivity index (χ0v) is 18.6. The van der Waals surface area contributed by atoms with E-state index in [1.54, 1.807) is 72.8 Å². The highest BCUT2D eigenvalue weighted by atomic mass is 16.5. The third-order valence-corrected chi connectivity index (χ3v) is 4.66. The Hall–Kier alpha value is -4.13. The molecule has 3 aromatic rings. The van der Waals surface area contributed by atoms with Crippen molar-refractivity contribution in [1.29, 1.82) is 0 Å². The van der Waals surface area contributed by atoms with E-state index in [1.807, 2.05) is 0 Å². The van der Waals surface area contributed by atoms with Crippen LogP contribution in [-0.4, -0.2) is 31.8 Å². The highest BCUT2D eigenvalue weighted by Gasteiger charge is 2.09. The van der Waals surface area contributed by atoms with E-state index >= 15 is 0 Å². The van der Waals surface area contributed by atoms with E-state index in [4.69, 9.17) is 14.2 Å². The molecule has 0 bridgehead atoms. The molecule has 0 unspecified atom stereocenters. The monoisotopic (exact) mass is 446 g/mol. The van der Waals surface area contributed by atoms with Gasteiger partial charge >= 0.3 is 5.97 Å². The number of hydrogen-bond donors (Lipinski definition) is 1. The first-order chi connectivity index (χ1) is 16.1. The Balaban J connectivity index is 1.51. The lowest BCUT2D eigenvalue weighted by Crippen LogP contribution is -2.17. The van der Waals surface area contributed by atoms with Gasteiger partial charge in [-0.2, -0.15) is 5.10 Å². The van der Waals surface area contributed by atoms with Crippen LogP contribution in [0.3, 0.4) is 0 Å². The van der Waals surface area contributed by atoms with Crippen LogP contribution in [0.1, 0.15) is 46.0 Å². The SMILES string of the molecule is CCCCOc1ccc(C(=O)Oc2ccc(/C=N/NC(=O)c3cccc(OC)c3)cc2)cc1. The van der Waals surface area contributed by atoms with Gasteiger partial charge in [0.1, 0.15) is 17.2 Å². The number of hydrazone groups is 1. The zero-order valence-electron chi connectivity index (χ0n) is 18.6. The summed E-state index contributed by atoms with van der Waals surface area (Å²) in [5.41, 5.74) is 4.07. The van der Waals surface area contributed by atoms with Gasteiger partial charge in [0.2, 0.25) is 0 Å². The molecule has 1 N–H and O–H groups in total. The van der Waals surface area contributed by atoms with Crippen molar-refractivity contribution < 1.29 is 23.8 Å². The predicted molar refractivity (Wildman–Crippen MR) is 126 cm³/mol. The van der Waals surface area contributed by atoms with Crippen LogP contribution < -0.4 is 19.6 Å². The number of benzene rings is 3. The van der Waals surface area contributed by atoms with Crippen LogP contribution in [0.2, 0.25) is 0 Å². The lowest BCUT2D eigenvalue weighted by Gasteiger charge is -2.07. The van der Waals surface area contributed by atoms with E-state index in [-0.39, 0.29) is 5.91 Å². The number of nitrogens with one attached hydrogen (secondary N) is 1. The summed E-state index contributed by atoms with van der Waals surface area (Å²) in [6, 6.07) is 20.4. The zero-order chi connectivity index (χ0) is 23.5. The summed E-state index contributed by atoms with van der Waals surface area (Å²) in [5, 5.41) is 3.96. The number of rotatable bonds is 10. The van der Waals surface area contributed by atoms with E-state index in [0.717, 1.165) is 24.2 Å². The van der Waals surface area contributed by atoms with Crippen molar-refractivity contribution in [3.63, 3.8) is 0 Å². The van der Waals surface area contributed by atoms with Gasteiger partial charge in [-0.25, -0.2) is 10.2 Å². The summed E-state index contributed by atoms with van der Waals surface area (Å²) < 4.78 is 16.1. The van der Waals surface area contributed by atoms with Gasteiger partial charge in [-0.3, -0.25) is 4.79 Å². The molecule has 0 atom stereocenters. The topological polar surface area (TPSA) is 86.2 Å². The number of ether oxygens (including phenoxy) is 3. The Morgan fingerprint density at radius 1 is 0.909 bits per heavy atom. The molecule has 0 aliphatic carbocycles. The van der Waals surface area contributed by atoms with E-state index in [1.165, 1.54) is 13.3 Å². The first-order valence-electron chi connectivity index (χ1n) is 10.6. The quantitative estimate of drug-likeness (QED) is 0.158. The molecule has 3 aromatic carbocycles. The normalized spacial score (nSPS) is 10.6. The van der Waals surface area contributed by atoms with Crippen molar-refractivity contribution in [3.05, 3.63) is 89.5 Å². The maximum absolute atomic E-state index is 12.4. The Kier molecular flexibility index (Phi) is 8.59. The van der Waals surface area contributed by atoms with Crippen molar-refractivity contribution >= 4 is 18.1 Å². The molecular formula is C26H26N2O5. The van der Waals surface area contributed by atoms with Crippen LogP contribution in [0.25, 0.3) is 0 Å². The summed E-state index contributed by atoms with van der Waals surface area (Å²) in [7, 11) is 1.54. The third-order valence-electron chi connectivity index (χ3n) is 4.66. The molecule has 7 heteroatoms. The molecule has 0 aromatic heterocycles. The molecule has 33 heavy (non-hydrogen) atoms. The highest BCUT2D eigenvalue weighted by Crippen LogP contribution is 2.17. The van der Waals surface area contributed by atoms with Crippen LogP contribution in [0.4, 0.5) is 0 Å². The Morgan fingerprint density at radius 2 is 1.64 bits per heavy atom. The van der Waals surface area contributed by atoms with E-state index in [0.29, 0.717) is 29.2 Å². The molecule has 0 saturated carbocycles. The minimum Gasteiger partial charge on any atom is -0.497 e. The summed E-state index contributed by atoms with van der Waals surface area (Å²) in [5.74, 6) is 0.913. The number of carbonyl (C=O) groups excluding carboxylic acids is 2. The largest absolute Gasteiger partial charge is 0.497 e. The van der Waals surface area contributed by atoms with Crippen LogP contribution in [0.15, 0.2) is 77.9 Å². The van der Waals surface area contributed by atoms with E-state index in [2.05, 4.69) is 17.5 Å². The summed E-state index contributed by atoms with van der Waals surface area (Å²) in [6.45, 7) is 2.75. The number of esters is 1. The van der Waals surface area contributed by atoms with Gasteiger partial charge < -0.3 is 14.2 Å². The number of unbranched alkanes of at least 4 members (excludes halogenated alkanes) is 1. The standard InChI is InChI=1S/C26H26N2O5/c1-3-4-16-32-22-14-10-20(11-15-22)26(30)33-23-12-8-19(9-13-23)18-27-28-25(29)21-6-5-7-24(17-21)31-2/h5-15,17-18H,3-4,16H2,1-2H3,(H,28,29)/b27-18+. The van der Waals surface area contributed by atoms with Crippen molar-refractivity contribution in [2.45, 2.75) is 19.8 Å². The first kappa shape index (κ1) is 23.5. The predicted octanol–water partition coefficient (Wildman–Crippen LogP) is 4.86. The lowest BCUT2D eigenvalue weighted by molar-refractivity contribution is 0.0734. The minimum absolute atomic E-state index is 0.350. The van der Waals surface area contributed by atoms with Gasteiger partial charge in [0, 0.05) is 5.56 Å². The molecule has 0 aliphatic rings. The smallest absolute Gasteiger partial charge is 0.343 e. The van der Waals surface area contributed by atoms with Gasteiger partial charge in [-0.05, 0) is 78.7 Å². The molecule has 3 rings (SSSR count). The maximum Gasteiger partial charge on any atom is 0.343 e. The lowest BCUT2D eigenvalue weighted by atomic mass is 10.2. The highest BCUT2D eigenvalue weighted by molar-refractivity contribution is 5.95. The molecule has 1 amide bonds. The summed E-state index contributed by atoms with van der Waals surface area (Å²) in [6.07, 6.45) is 3.55. The molecular weight excluding hydrogens is 420 g/mol. The minimum atomic E-state index is -0.456. The molecule has 0 spiro atoms. The number of carbonyl (C=O) groups is 2. The van der Waals surface area contributed by atoms with Gasteiger partial charge in [0.25, 0.3) is 5.91 Å². The third kappa shape index (κ3) is 7.21. The van der Waals surface area contributed by atoms with Crippen molar-refractivity contribution in [3.8, 4) is 17.2 Å². The summed E-state index contributed by atoms with van der Waals surface area (Å²) in [4.78, 5) is 24.5. The molecule has 0 heterocycles. The molecule has 7 nitrogen and oxygen atoms in total. The first-order valence-corrected chi connectivity index (χ1v) is 10.6. The second kappa shape index (κ2) is 12.0. The van der Waals surface area contributed by atoms with Gasteiger partial charge in [0.15, 0.2) is 0 Å². The number of methoxy groups -OCH3 is 1. The van der Waals surface area contributed by atoms with Gasteiger partial charge in [0.05, 0.1) is 25.5 Å². The van der Waals surface area contributed by atoms with Crippen LogP contribution in [0.5, 0.6) is 17.2 Å². The molecule has 0 aliphatic heterocycles. The Bertz CT molecular complexity index is 1090. The summed E-state index contributed by atoms with van der Waals surface area (Å²) >= 11 is 0. The fraction of sp³-hybridized carbons (Fsp3) is 0.192.